The van der Waals surface area contributed by atoms with Gasteiger partial charge in [0.1, 0.15) is 23.0 Å². The minimum Gasteiger partial charge on any atom is -0.508 e. The maximum Gasteiger partial charge on any atom is 0.145 e. The molecular formula is C19H18N2O4. The van der Waals surface area contributed by atoms with E-state index in [4.69, 9.17) is 0 Å². The van der Waals surface area contributed by atoms with Gasteiger partial charge in [0.05, 0.1) is 11.4 Å². The van der Waals surface area contributed by atoms with Crippen LogP contribution in [0.5, 0.6) is 23.0 Å². The number of nitrogens with one attached hydrogen (secondary N) is 2. The number of hydrogen-bond acceptors (Lipinski definition) is 6. The Morgan fingerprint density at radius 2 is 0.960 bits per heavy atom. The van der Waals surface area contributed by atoms with Crippen molar-refractivity contribution < 1.29 is 20.4 Å². The average Bonchev–Trinajstić information content (AvgIpc) is 2.61. The Morgan fingerprint density at radius 1 is 0.600 bits per heavy atom. The van der Waals surface area contributed by atoms with Crippen molar-refractivity contribution in [1.29, 1.82) is 0 Å². The van der Waals surface area contributed by atoms with E-state index in [2.05, 4.69) is 10.6 Å². The first-order chi connectivity index (χ1) is 11.9. The molecule has 25 heavy (non-hydrogen) atoms. The SMILES string of the molecule is Cc1c(O)c(Nc2ccc(O)cc2)cc(Nc2ccc(O)cc2)c1O. The van der Waals surface area contributed by atoms with Crippen molar-refractivity contribution in [3.05, 3.63) is 60.2 Å². The summed E-state index contributed by atoms with van der Waals surface area (Å²) in [7, 11) is 0. The van der Waals surface area contributed by atoms with Crippen LogP contribution in [0.3, 0.4) is 0 Å². The van der Waals surface area contributed by atoms with Gasteiger partial charge in [0.15, 0.2) is 0 Å². The topological polar surface area (TPSA) is 105 Å². The molecule has 0 radical (unpaired) electrons. The number of phenolic OH excluding ortho intramolecular Hbond substituents is 4. The first-order valence-corrected chi connectivity index (χ1v) is 7.61. The Hall–Kier alpha value is -3.54. The summed E-state index contributed by atoms with van der Waals surface area (Å²) in [6.07, 6.45) is 0. The fourth-order valence-electron chi connectivity index (χ4n) is 2.39. The van der Waals surface area contributed by atoms with Gasteiger partial charge >= 0.3 is 0 Å². The Kier molecular flexibility index (Phi) is 4.26. The molecule has 0 spiro atoms. The molecule has 128 valence electrons. The molecule has 0 unspecified atom stereocenters. The molecule has 3 rings (SSSR count). The van der Waals surface area contributed by atoms with E-state index >= 15 is 0 Å². The van der Waals surface area contributed by atoms with Crippen LogP contribution in [0.4, 0.5) is 22.7 Å². The fourth-order valence-corrected chi connectivity index (χ4v) is 2.39. The number of phenols is 4. The first-order valence-electron chi connectivity index (χ1n) is 7.61. The lowest BCUT2D eigenvalue weighted by atomic mass is 10.1. The number of anilines is 4. The van der Waals surface area contributed by atoms with Crippen molar-refractivity contribution in [3.63, 3.8) is 0 Å². The third kappa shape index (κ3) is 3.53. The van der Waals surface area contributed by atoms with Crippen LogP contribution in [0.25, 0.3) is 0 Å². The van der Waals surface area contributed by atoms with Gasteiger partial charge in [0.25, 0.3) is 0 Å². The summed E-state index contributed by atoms with van der Waals surface area (Å²) in [6, 6.07) is 14.4. The summed E-state index contributed by atoms with van der Waals surface area (Å²) in [5.41, 5.74) is 2.48. The van der Waals surface area contributed by atoms with Gasteiger partial charge in [-0.1, -0.05) is 0 Å². The summed E-state index contributed by atoms with van der Waals surface area (Å²) in [5.74, 6) is 0.154. The largest absolute Gasteiger partial charge is 0.508 e. The summed E-state index contributed by atoms with van der Waals surface area (Å²) in [5, 5.41) is 45.4. The minimum absolute atomic E-state index is 0.0677. The molecule has 3 aromatic carbocycles. The molecule has 0 atom stereocenters. The lowest BCUT2D eigenvalue weighted by molar-refractivity contribution is 0.446. The van der Waals surface area contributed by atoms with Crippen LogP contribution >= 0.6 is 0 Å². The van der Waals surface area contributed by atoms with Crippen molar-refractivity contribution in [1.82, 2.24) is 0 Å². The van der Waals surface area contributed by atoms with E-state index in [1.807, 2.05) is 0 Å². The van der Waals surface area contributed by atoms with Gasteiger partial charge in [0.2, 0.25) is 0 Å². The van der Waals surface area contributed by atoms with E-state index in [0.29, 0.717) is 28.3 Å². The fraction of sp³-hybridized carbons (Fsp3) is 0.0526. The number of benzene rings is 3. The molecule has 0 amide bonds. The highest BCUT2D eigenvalue weighted by molar-refractivity contribution is 5.80. The second-order valence-corrected chi connectivity index (χ2v) is 5.64. The Labute approximate surface area is 144 Å². The van der Waals surface area contributed by atoms with Gasteiger partial charge in [-0.2, -0.15) is 0 Å². The number of hydrogen-bond donors (Lipinski definition) is 6. The van der Waals surface area contributed by atoms with Crippen LogP contribution in [-0.4, -0.2) is 20.4 Å². The van der Waals surface area contributed by atoms with Gasteiger partial charge < -0.3 is 31.1 Å². The van der Waals surface area contributed by atoms with Crippen LogP contribution in [0.1, 0.15) is 5.56 Å². The molecule has 0 bridgehead atoms. The molecule has 0 aliphatic heterocycles. The third-order valence-corrected chi connectivity index (χ3v) is 3.80. The molecule has 6 nitrogen and oxygen atoms in total. The van der Waals surface area contributed by atoms with Gasteiger partial charge in [-0.15, -0.1) is 0 Å². The normalized spacial score (nSPS) is 10.4. The number of aromatic hydroxyl groups is 4. The highest BCUT2D eigenvalue weighted by atomic mass is 16.3. The molecule has 0 heterocycles. The summed E-state index contributed by atoms with van der Waals surface area (Å²) >= 11 is 0. The van der Waals surface area contributed by atoms with Crippen LogP contribution in [0, 0.1) is 6.92 Å². The van der Waals surface area contributed by atoms with Crippen molar-refractivity contribution in [2.24, 2.45) is 0 Å². The van der Waals surface area contributed by atoms with E-state index in [9.17, 15) is 20.4 Å². The van der Waals surface area contributed by atoms with Crippen LogP contribution in [0.2, 0.25) is 0 Å². The quantitative estimate of drug-likeness (QED) is 0.313. The van der Waals surface area contributed by atoms with Gasteiger partial charge in [-0.3, -0.25) is 0 Å². The van der Waals surface area contributed by atoms with Gasteiger partial charge in [-0.05, 0) is 61.5 Å². The van der Waals surface area contributed by atoms with E-state index in [0.717, 1.165) is 0 Å². The highest BCUT2D eigenvalue weighted by Gasteiger charge is 2.15. The van der Waals surface area contributed by atoms with Gasteiger partial charge in [-0.25, -0.2) is 0 Å². The standard InChI is InChI=1S/C19H18N2O4/c1-11-18(24)16(20-12-2-6-14(22)7-3-12)10-17(19(11)25)21-13-4-8-15(23)9-5-13/h2-10,20-25H,1H3. The molecule has 0 aromatic heterocycles. The second-order valence-electron chi connectivity index (χ2n) is 5.64. The molecule has 0 fully saturated rings. The Morgan fingerprint density at radius 3 is 1.32 bits per heavy atom. The van der Waals surface area contributed by atoms with E-state index < -0.39 is 0 Å². The van der Waals surface area contributed by atoms with Crippen molar-refractivity contribution in [2.75, 3.05) is 10.6 Å². The molecule has 3 aromatic rings. The molecule has 6 heteroatoms. The zero-order chi connectivity index (χ0) is 18.0. The van der Waals surface area contributed by atoms with Crippen molar-refractivity contribution in [3.8, 4) is 23.0 Å². The molecule has 0 saturated heterocycles. The van der Waals surface area contributed by atoms with E-state index in [1.54, 1.807) is 37.3 Å². The predicted octanol–water partition coefficient (Wildman–Crippen LogP) is 4.30. The maximum atomic E-state index is 10.3. The predicted molar refractivity (Wildman–Crippen MR) is 97.3 cm³/mol. The molecule has 6 N–H and O–H groups in total. The monoisotopic (exact) mass is 338 g/mol. The zero-order valence-electron chi connectivity index (χ0n) is 13.5. The lowest BCUT2D eigenvalue weighted by Crippen LogP contribution is -1.97. The average molecular weight is 338 g/mol. The van der Waals surface area contributed by atoms with Crippen LogP contribution in [0.15, 0.2) is 54.6 Å². The molecular weight excluding hydrogens is 320 g/mol. The third-order valence-electron chi connectivity index (χ3n) is 3.80. The van der Waals surface area contributed by atoms with Crippen LogP contribution < -0.4 is 10.6 Å². The molecule has 0 saturated carbocycles. The van der Waals surface area contributed by atoms with Crippen LogP contribution in [-0.2, 0) is 0 Å². The molecule has 0 aliphatic carbocycles. The zero-order valence-corrected chi connectivity index (χ0v) is 13.5. The summed E-state index contributed by atoms with van der Waals surface area (Å²) in [6.45, 7) is 1.61. The van der Waals surface area contributed by atoms with Gasteiger partial charge in [0, 0.05) is 16.9 Å². The summed E-state index contributed by atoms with van der Waals surface area (Å²) in [4.78, 5) is 0. The highest BCUT2D eigenvalue weighted by Crippen LogP contribution is 2.42. The number of rotatable bonds is 4. The Bertz CT molecular complexity index is 819. The minimum atomic E-state index is -0.0677. The summed E-state index contributed by atoms with van der Waals surface area (Å²) < 4.78 is 0. The van der Waals surface area contributed by atoms with E-state index in [-0.39, 0.29) is 23.0 Å². The Balaban J connectivity index is 1.94. The van der Waals surface area contributed by atoms with E-state index in [1.165, 1.54) is 24.3 Å². The lowest BCUT2D eigenvalue weighted by Gasteiger charge is -2.16. The second kappa shape index (κ2) is 6.52. The van der Waals surface area contributed by atoms with Crippen molar-refractivity contribution >= 4 is 22.7 Å². The smallest absolute Gasteiger partial charge is 0.145 e. The maximum absolute atomic E-state index is 10.3. The van der Waals surface area contributed by atoms with Crippen molar-refractivity contribution in [2.45, 2.75) is 6.92 Å². The molecule has 0 aliphatic rings. The first kappa shape index (κ1) is 16.3.